The first-order valence-electron chi connectivity index (χ1n) is 9.42. The van der Waals surface area contributed by atoms with Crippen LogP contribution in [0.4, 0.5) is 24.7 Å². The summed E-state index contributed by atoms with van der Waals surface area (Å²) in [6.07, 6.45) is -3.40. The quantitative estimate of drug-likeness (QED) is 0.618. The molecule has 0 spiro atoms. The number of hydrogen-bond acceptors (Lipinski definition) is 5. The number of carbonyl (C=O) groups is 2. The fourth-order valence-electron chi connectivity index (χ4n) is 3.32. The number of fused-ring (bicyclic) bond motifs is 1. The van der Waals surface area contributed by atoms with Gasteiger partial charge in [0.05, 0.1) is 19.7 Å². The van der Waals surface area contributed by atoms with Crippen LogP contribution in [0.2, 0.25) is 0 Å². The molecular formula is C21H17F3N4O4. The highest BCUT2D eigenvalue weighted by Gasteiger charge is 2.33. The molecule has 11 heteroatoms. The SMILES string of the molecule is COc1ccc(-c2cnn3c2NC(=O)C[C@@H]3C(=O)Nc2ccc(OC(F)(F)F)cc2)cc1. The normalized spacial score (nSPS) is 15.5. The minimum atomic E-state index is -4.81. The number of anilines is 2. The van der Waals surface area contributed by atoms with E-state index in [4.69, 9.17) is 4.74 Å². The van der Waals surface area contributed by atoms with Gasteiger partial charge < -0.3 is 20.1 Å². The van der Waals surface area contributed by atoms with Crippen LogP contribution < -0.4 is 20.1 Å². The topological polar surface area (TPSA) is 94.5 Å². The molecule has 0 saturated carbocycles. The standard InChI is InChI=1S/C21H17F3N4O4/c1-31-14-6-2-12(3-7-14)16-11-25-28-17(10-18(29)27-19(16)28)20(30)26-13-4-8-15(9-5-13)32-21(22,23)24/h2-9,11,17H,10H2,1H3,(H,26,30)(H,27,29)/t17-/m1/s1. The number of rotatable bonds is 5. The summed E-state index contributed by atoms with van der Waals surface area (Å²) in [5.74, 6) is -0.258. The molecule has 0 aliphatic carbocycles. The lowest BCUT2D eigenvalue weighted by atomic mass is 10.1. The van der Waals surface area contributed by atoms with Gasteiger partial charge in [-0.15, -0.1) is 13.2 Å². The molecule has 1 aliphatic rings. The third-order valence-electron chi connectivity index (χ3n) is 4.79. The predicted octanol–water partition coefficient (Wildman–Crippen LogP) is 3.98. The van der Waals surface area contributed by atoms with E-state index >= 15 is 0 Å². The maximum atomic E-state index is 12.8. The molecule has 0 radical (unpaired) electrons. The Kier molecular flexibility index (Phi) is 5.47. The van der Waals surface area contributed by atoms with Gasteiger partial charge in [0, 0.05) is 11.3 Å². The lowest BCUT2D eigenvalue weighted by molar-refractivity contribution is -0.274. The zero-order chi connectivity index (χ0) is 22.9. The first kappa shape index (κ1) is 21.2. The summed E-state index contributed by atoms with van der Waals surface area (Å²) in [5.41, 5.74) is 1.65. The fourth-order valence-corrected chi connectivity index (χ4v) is 3.32. The number of aromatic nitrogens is 2. The van der Waals surface area contributed by atoms with Crippen molar-refractivity contribution in [3.63, 3.8) is 0 Å². The number of methoxy groups -OCH3 is 1. The van der Waals surface area contributed by atoms with Crippen LogP contribution in [-0.4, -0.2) is 35.1 Å². The van der Waals surface area contributed by atoms with Crippen molar-refractivity contribution in [3.8, 4) is 22.6 Å². The Morgan fingerprint density at radius 1 is 1.12 bits per heavy atom. The van der Waals surface area contributed by atoms with Crippen LogP contribution in [-0.2, 0) is 9.59 Å². The van der Waals surface area contributed by atoms with Crippen LogP contribution >= 0.6 is 0 Å². The van der Waals surface area contributed by atoms with Crippen molar-refractivity contribution in [2.75, 3.05) is 17.7 Å². The second-order valence-electron chi connectivity index (χ2n) is 6.91. The van der Waals surface area contributed by atoms with Gasteiger partial charge in [-0.1, -0.05) is 12.1 Å². The fraction of sp³-hybridized carbons (Fsp3) is 0.190. The number of ether oxygens (including phenoxy) is 2. The number of nitrogens with zero attached hydrogens (tertiary/aromatic N) is 2. The minimum absolute atomic E-state index is 0.141. The molecule has 166 valence electrons. The lowest BCUT2D eigenvalue weighted by Gasteiger charge is -2.24. The summed E-state index contributed by atoms with van der Waals surface area (Å²) < 4.78 is 47.2. The number of alkyl halides is 3. The molecule has 2 N–H and O–H groups in total. The highest BCUT2D eigenvalue weighted by molar-refractivity contribution is 6.03. The molecule has 0 bridgehead atoms. The molecule has 2 aromatic carbocycles. The van der Waals surface area contributed by atoms with Gasteiger partial charge in [-0.25, -0.2) is 4.68 Å². The van der Waals surface area contributed by atoms with Crippen molar-refractivity contribution in [3.05, 3.63) is 54.7 Å². The van der Waals surface area contributed by atoms with E-state index in [-0.39, 0.29) is 18.0 Å². The summed E-state index contributed by atoms with van der Waals surface area (Å²) in [7, 11) is 1.55. The van der Waals surface area contributed by atoms with Crippen LogP contribution in [0.3, 0.4) is 0 Å². The van der Waals surface area contributed by atoms with Crippen LogP contribution in [0.5, 0.6) is 11.5 Å². The molecule has 1 atom stereocenters. The number of nitrogens with one attached hydrogen (secondary N) is 2. The summed E-state index contributed by atoms with van der Waals surface area (Å²) in [6, 6.07) is 10.9. The Morgan fingerprint density at radius 2 is 1.78 bits per heavy atom. The molecule has 1 aliphatic heterocycles. The van der Waals surface area contributed by atoms with E-state index in [9.17, 15) is 22.8 Å². The van der Waals surface area contributed by atoms with E-state index in [1.54, 1.807) is 37.6 Å². The average molecular weight is 446 g/mol. The van der Waals surface area contributed by atoms with Crippen molar-refractivity contribution in [2.45, 2.75) is 18.8 Å². The van der Waals surface area contributed by atoms with E-state index in [0.29, 0.717) is 17.1 Å². The summed E-state index contributed by atoms with van der Waals surface area (Å²) in [4.78, 5) is 25.1. The molecule has 0 fully saturated rings. The maximum Gasteiger partial charge on any atom is 0.573 e. The number of benzene rings is 2. The van der Waals surface area contributed by atoms with Crippen molar-refractivity contribution < 1.29 is 32.2 Å². The van der Waals surface area contributed by atoms with Crippen LogP contribution in [0, 0.1) is 0 Å². The van der Waals surface area contributed by atoms with E-state index in [1.807, 2.05) is 0 Å². The zero-order valence-electron chi connectivity index (χ0n) is 16.6. The maximum absolute atomic E-state index is 12.8. The highest BCUT2D eigenvalue weighted by atomic mass is 19.4. The van der Waals surface area contributed by atoms with Gasteiger partial charge in [-0.3, -0.25) is 9.59 Å². The Morgan fingerprint density at radius 3 is 2.41 bits per heavy atom. The first-order chi connectivity index (χ1) is 15.2. The van der Waals surface area contributed by atoms with E-state index < -0.39 is 24.1 Å². The summed E-state index contributed by atoms with van der Waals surface area (Å²) in [6.45, 7) is 0. The van der Waals surface area contributed by atoms with Gasteiger partial charge in [-0.05, 0) is 42.0 Å². The molecule has 2 amide bonds. The Hall–Kier alpha value is -4.02. The molecule has 3 aromatic rings. The van der Waals surface area contributed by atoms with E-state index in [0.717, 1.165) is 17.7 Å². The Bertz CT molecular complexity index is 1140. The van der Waals surface area contributed by atoms with Crippen LogP contribution in [0.25, 0.3) is 11.1 Å². The molecule has 0 saturated heterocycles. The smallest absolute Gasteiger partial charge is 0.497 e. The van der Waals surface area contributed by atoms with Gasteiger partial charge in [0.25, 0.3) is 0 Å². The number of amides is 2. The van der Waals surface area contributed by atoms with Crippen LogP contribution in [0.1, 0.15) is 12.5 Å². The monoisotopic (exact) mass is 446 g/mol. The van der Waals surface area contributed by atoms with Crippen molar-refractivity contribution in [1.82, 2.24) is 9.78 Å². The summed E-state index contributed by atoms with van der Waals surface area (Å²) >= 11 is 0. The highest BCUT2D eigenvalue weighted by Crippen LogP contribution is 2.35. The first-order valence-corrected chi connectivity index (χ1v) is 9.42. The largest absolute Gasteiger partial charge is 0.573 e. The third-order valence-corrected chi connectivity index (χ3v) is 4.79. The number of carbonyl (C=O) groups excluding carboxylic acids is 2. The average Bonchev–Trinajstić information content (AvgIpc) is 3.17. The Balaban J connectivity index is 1.54. The number of hydrogen-bond donors (Lipinski definition) is 2. The molecule has 8 nitrogen and oxygen atoms in total. The van der Waals surface area contributed by atoms with Gasteiger partial charge in [0.1, 0.15) is 23.4 Å². The van der Waals surface area contributed by atoms with E-state index in [1.165, 1.54) is 16.8 Å². The molecular weight excluding hydrogens is 429 g/mol. The van der Waals surface area contributed by atoms with Crippen molar-refractivity contribution >= 4 is 23.3 Å². The van der Waals surface area contributed by atoms with Gasteiger partial charge in [0.15, 0.2) is 0 Å². The van der Waals surface area contributed by atoms with Gasteiger partial charge in [0.2, 0.25) is 11.8 Å². The number of halogens is 3. The Labute approximate surface area is 179 Å². The van der Waals surface area contributed by atoms with Crippen molar-refractivity contribution in [1.29, 1.82) is 0 Å². The summed E-state index contributed by atoms with van der Waals surface area (Å²) in [5, 5.41) is 9.61. The second-order valence-corrected chi connectivity index (χ2v) is 6.91. The molecule has 32 heavy (non-hydrogen) atoms. The molecule has 0 unspecified atom stereocenters. The van der Waals surface area contributed by atoms with Gasteiger partial charge >= 0.3 is 6.36 Å². The third kappa shape index (κ3) is 4.51. The minimum Gasteiger partial charge on any atom is -0.497 e. The van der Waals surface area contributed by atoms with Gasteiger partial charge in [-0.2, -0.15) is 5.10 Å². The lowest BCUT2D eigenvalue weighted by Crippen LogP contribution is -2.35. The predicted molar refractivity (Wildman–Crippen MR) is 108 cm³/mol. The zero-order valence-corrected chi connectivity index (χ0v) is 16.6. The van der Waals surface area contributed by atoms with Crippen LogP contribution in [0.15, 0.2) is 54.7 Å². The molecule has 2 heterocycles. The van der Waals surface area contributed by atoms with Crippen molar-refractivity contribution in [2.24, 2.45) is 0 Å². The molecule has 4 rings (SSSR count). The molecule has 1 aromatic heterocycles. The van der Waals surface area contributed by atoms with E-state index in [2.05, 4.69) is 20.5 Å². The second kappa shape index (κ2) is 8.25.